The first-order valence-electron chi connectivity index (χ1n) is 5.81. The van der Waals surface area contributed by atoms with Gasteiger partial charge in [0.25, 0.3) is 0 Å². The number of rotatable bonds is 5. The van der Waals surface area contributed by atoms with Crippen LogP contribution in [0.4, 0.5) is 11.4 Å². The zero-order chi connectivity index (χ0) is 13.0. The minimum Gasteiger partial charge on any atom is -0.491 e. The van der Waals surface area contributed by atoms with E-state index < -0.39 is 0 Å². The normalized spacial score (nSPS) is 10.6. The van der Waals surface area contributed by atoms with Crippen LogP contribution in [0.2, 0.25) is 0 Å². The first-order valence-corrected chi connectivity index (χ1v) is 6.76. The summed E-state index contributed by atoms with van der Waals surface area (Å²) in [7, 11) is 0. The van der Waals surface area contributed by atoms with Gasteiger partial charge in [-0.2, -0.15) is 0 Å². The molecule has 0 atom stereocenters. The molecule has 0 bridgehead atoms. The molecule has 18 heavy (non-hydrogen) atoms. The molecule has 0 aliphatic carbocycles. The molecule has 0 fully saturated rings. The number of ether oxygens (including phenoxy) is 1. The lowest BCUT2D eigenvalue weighted by Crippen LogP contribution is -2.07. The third kappa shape index (κ3) is 3.63. The zero-order valence-corrected chi connectivity index (χ0v) is 11.3. The Morgan fingerprint density at radius 1 is 1.39 bits per heavy atom. The van der Waals surface area contributed by atoms with Gasteiger partial charge in [-0.3, -0.25) is 0 Å². The SMILES string of the molecule is CC(C)Oc1cc(N)cc(NCc2cscn2)c1. The molecule has 0 saturated heterocycles. The van der Waals surface area contributed by atoms with E-state index in [9.17, 15) is 0 Å². The molecular weight excluding hydrogens is 246 g/mol. The molecule has 5 heteroatoms. The topological polar surface area (TPSA) is 60.2 Å². The number of benzene rings is 1. The second-order valence-electron chi connectivity index (χ2n) is 4.29. The zero-order valence-electron chi connectivity index (χ0n) is 10.5. The summed E-state index contributed by atoms with van der Waals surface area (Å²) in [5.74, 6) is 0.783. The van der Waals surface area contributed by atoms with Crippen LogP contribution in [0.15, 0.2) is 29.1 Å². The summed E-state index contributed by atoms with van der Waals surface area (Å²) in [4.78, 5) is 4.22. The van der Waals surface area contributed by atoms with Crippen molar-refractivity contribution in [3.05, 3.63) is 34.8 Å². The van der Waals surface area contributed by atoms with Crippen LogP contribution in [0.1, 0.15) is 19.5 Å². The Kier molecular flexibility index (Phi) is 4.04. The van der Waals surface area contributed by atoms with Crippen molar-refractivity contribution in [3.63, 3.8) is 0 Å². The van der Waals surface area contributed by atoms with Crippen molar-refractivity contribution in [3.8, 4) is 5.75 Å². The lowest BCUT2D eigenvalue weighted by Gasteiger charge is -2.13. The highest BCUT2D eigenvalue weighted by atomic mass is 32.1. The minimum atomic E-state index is 0.137. The number of nitrogens with one attached hydrogen (secondary N) is 1. The van der Waals surface area contributed by atoms with Crippen LogP contribution in [0.3, 0.4) is 0 Å². The van der Waals surface area contributed by atoms with Crippen molar-refractivity contribution in [1.82, 2.24) is 4.98 Å². The van der Waals surface area contributed by atoms with E-state index in [1.807, 2.05) is 42.9 Å². The third-order valence-electron chi connectivity index (χ3n) is 2.26. The van der Waals surface area contributed by atoms with Crippen LogP contribution in [0, 0.1) is 0 Å². The molecule has 3 N–H and O–H groups in total. The fourth-order valence-corrected chi connectivity index (χ4v) is 2.14. The summed E-state index contributed by atoms with van der Waals surface area (Å²) in [6.07, 6.45) is 0.137. The van der Waals surface area contributed by atoms with Gasteiger partial charge in [-0.1, -0.05) is 0 Å². The lowest BCUT2D eigenvalue weighted by molar-refractivity contribution is 0.242. The summed E-state index contributed by atoms with van der Waals surface area (Å²) in [6.45, 7) is 4.67. The van der Waals surface area contributed by atoms with Crippen molar-refractivity contribution < 1.29 is 4.74 Å². The van der Waals surface area contributed by atoms with Crippen LogP contribution in [-0.2, 0) is 6.54 Å². The summed E-state index contributed by atoms with van der Waals surface area (Å²) >= 11 is 1.59. The van der Waals surface area contributed by atoms with E-state index in [1.165, 1.54) is 0 Å². The Balaban J connectivity index is 2.05. The number of anilines is 2. The van der Waals surface area contributed by atoms with E-state index in [1.54, 1.807) is 11.3 Å². The predicted octanol–water partition coefficient (Wildman–Crippen LogP) is 3.12. The van der Waals surface area contributed by atoms with Gasteiger partial charge in [0.15, 0.2) is 0 Å². The first-order chi connectivity index (χ1) is 8.63. The standard InChI is InChI=1S/C13H17N3OS/c1-9(2)17-13-4-10(14)3-11(5-13)15-6-12-7-18-8-16-12/h3-5,7-9,15H,6,14H2,1-2H3. The molecule has 0 unspecified atom stereocenters. The molecule has 0 aliphatic heterocycles. The maximum atomic E-state index is 5.85. The molecule has 0 amide bonds. The van der Waals surface area contributed by atoms with Crippen molar-refractivity contribution in [2.45, 2.75) is 26.5 Å². The van der Waals surface area contributed by atoms with E-state index >= 15 is 0 Å². The van der Waals surface area contributed by atoms with Gasteiger partial charge in [0, 0.05) is 28.9 Å². The summed E-state index contributed by atoms with van der Waals surface area (Å²) in [6, 6.07) is 5.66. The molecule has 2 rings (SSSR count). The number of hydrogen-bond donors (Lipinski definition) is 2. The van der Waals surface area contributed by atoms with Crippen molar-refractivity contribution >= 4 is 22.7 Å². The number of nitrogen functional groups attached to an aromatic ring is 1. The largest absolute Gasteiger partial charge is 0.491 e. The second kappa shape index (κ2) is 5.73. The van der Waals surface area contributed by atoms with Crippen LogP contribution < -0.4 is 15.8 Å². The maximum absolute atomic E-state index is 5.85. The molecule has 96 valence electrons. The van der Waals surface area contributed by atoms with Gasteiger partial charge in [-0.05, 0) is 19.9 Å². The molecule has 1 heterocycles. The summed E-state index contributed by atoms with van der Waals surface area (Å²) < 4.78 is 5.64. The molecule has 2 aromatic rings. The highest BCUT2D eigenvalue weighted by Crippen LogP contribution is 2.23. The number of hydrogen-bond acceptors (Lipinski definition) is 5. The average molecular weight is 263 g/mol. The number of nitrogens with zero attached hydrogens (tertiary/aromatic N) is 1. The van der Waals surface area contributed by atoms with Crippen LogP contribution in [0.25, 0.3) is 0 Å². The molecule has 0 aliphatic rings. The van der Waals surface area contributed by atoms with Gasteiger partial charge in [0.05, 0.1) is 23.9 Å². The quantitative estimate of drug-likeness (QED) is 0.814. The van der Waals surface area contributed by atoms with Gasteiger partial charge in [-0.15, -0.1) is 11.3 Å². The smallest absolute Gasteiger partial charge is 0.123 e. The van der Waals surface area contributed by atoms with E-state index in [0.29, 0.717) is 12.2 Å². The van der Waals surface area contributed by atoms with Crippen molar-refractivity contribution in [1.29, 1.82) is 0 Å². The molecule has 4 nitrogen and oxygen atoms in total. The molecule has 0 saturated carbocycles. The Bertz CT molecular complexity index is 497. The van der Waals surface area contributed by atoms with Crippen molar-refractivity contribution in [2.24, 2.45) is 0 Å². The number of aromatic nitrogens is 1. The first kappa shape index (κ1) is 12.7. The maximum Gasteiger partial charge on any atom is 0.123 e. The molecule has 0 radical (unpaired) electrons. The minimum absolute atomic E-state index is 0.137. The highest BCUT2D eigenvalue weighted by Gasteiger charge is 2.03. The van der Waals surface area contributed by atoms with Crippen LogP contribution >= 0.6 is 11.3 Å². The van der Waals surface area contributed by atoms with E-state index in [-0.39, 0.29) is 6.10 Å². The fraction of sp³-hybridized carbons (Fsp3) is 0.308. The summed E-state index contributed by atoms with van der Waals surface area (Å²) in [5, 5.41) is 5.30. The highest BCUT2D eigenvalue weighted by molar-refractivity contribution is 7.07. The summed E-state index contributed by atoms with van der Waals surface area (Å²) in [5.41, 5.74) is 10.3. The van der Waals surface area contributed by atoms with Crippen molar-refractivity contribution in [2.75, 3.05) is 11.1 Å². The number of nitrogens with two attached hydrogens (primary N) is 1. The average Bonchev–Trinajstić information content (AvgIpc) is 2.77. The second-order valence-corrected chi connectivity index (χ2v) is 5.01. The van der Waals surface area contributed by atoms with E-state index in [4.69, 9.17) is 10.5 Å². The van der Waals surface area contributed by atoms with Gasteiger partial charge in [0.2, 0.25) is 0 Å². The Hall–Kier alpha value is -1.75. The van der Waals surface area contributed by atoms with E-state index in [0.717, 1.165) is 17.1 Å². The Labute approximate surface area is 111 Å². The molecule has 1 aromatic carbocycles. The monoisotopic (exact) mass is 263 g/mol. The molecule has 1 aromatic heterocycles. The number of thiazole rings is 1. The third-order valence-corrected chi connectivity index (χ3v) is 2.89. The van der Waals surface area contributed by atoms with Gasteiger partial charge >= 0.3 is 0 Å². The Morgan fingerprint density at radius 3 is 2.89 bits per heavy atom. The van der Waals surface area contributed by atoms with Crippen LogP contribution in [0.5, 0.6) is 5.75 Å². The molecule has 0 spiro atoms. The molecular formula is C13H17N3OS. The van der Waals surface area contributed by atoms with Gasteiger partial charge in [-0.25, -0.2) is 4.98 Å². The predicted molar refractivity (Wildman–Crippen MR) is 76.1 cm³/mol. The lowest BCUT2D eigenvalue weighted by atomic mass is 10.2. The fourth-order valence-electron chi connectivity index (χ4n) is 1.58. The van der Waals surface area contributed by atoms with Gasteiger partial charge < -0.3 is 15.8 Å². The Morgan fingerprint density at radius 2 is 2.22 bits per heavy atom. The van der Waals surface area contributed by atoms with E-state index in [2.05, 4.69) is 10.3 Å². The van der Waals surface area contributed by atoms with Crippen LogP contribution in [-0.4, -0.2) is 11.1 Å². The van der Waals surface area contributed by atoms with Gasteiger partial charge in [0.1, 0.15) is 5.75 Å².